The molecule has 2 nitrogen and oxygen atoms in total. The van der Waals surface area contributed by atoms with Crippen LogP contribution < -0.4 is 4.74 Å². The van der Waals surface area contributed by atoms with E-state index >= 15 is 0 Å². The summed E-state index contributed by atoms with van der Waals surface area (Å²) < 4.78 is 5.37. The summed E-state index contributed by atoms with van der Waals surface area (Å²) in [6, 6.07) is 19.8. The number of nitrogens with zero attached hydrogens (tertiary/aromatic N) is 1. The zero-order chi connectivity index (χ0) is 16.4. The second kappa shape index (κ2) is 6.60. The van der Waals surface area contributed by atoms with Crippen LogP contribution in [0.3, 0.4) is 0 Å². The Hall–Kier alpha value is -1.80. The van der Waals surface area contributed by atoms with Crippen molar-refractivity contribution in [2.45, 2.75) is 44.2 Å². The van der Waals surface area contributed by atoms with Gasteiger partial charge in [-0.1, -0.05) is 55.3 Å². The first kappa shape index (κ1) is 15.7. The molecule has 2 aromatic rings. The molecule has 0 spiro atoms. The van der Waals surface area contributed by atoms with Crippen molar-refractivity contribution in [3.8, 4) is 5.75 Å². The topological polar surface area (TPSA) is 12.5 Å². The molecule has 2 heteroatoms. The van der Waals surface area contributed by atoms with Crippen molar-refractivity contribution in [2.24, 2.45) is 5.92 Å². The van der Waals surface area contributed by atoms with E-state index in [0.29, 0.717) is 0 Å². The Morgan fingerprint density at radius 3 is 2.54 bits per heavy atom. The van der Waals surface area contributed by atoms with Crippen LogP contribution >= 0.6 is 0 Å². The Bertz CT molecular complexity index is 666. The van der Waals surface area contributed by atoms with Crippen molar-refractivity contribution >= 4 is 0 Å². The zero-order valence-corrected chi connectivity index (χ0v) is 14.6. The normalized spacial score (nSPS) is 27.0. The fourth-order valence-electron chi connectivity index (χ4n) is 5.00. The largest absolute Gasteiger partial charge is 0.497 e. The second-order valence-electron chi connectivity index (χ2n) is 7.29. The van der Waals surface area contributed by atoms with Gasteiger partial charge in [0.05, 0.1) is 7.11 Å². The maximum Gasteiger partial charge on any atom is 0.118 e. The molecule has 1 heterocycles. The molecule has 0 radical (unpaired) electrons. The van der Waals surface area contributed by atoms with E-state index in [1.165, 1.54) is 49.8 Å². The van der Waals surface area contributed by atoms with Crippen LogP contribution in [0.1, 0.15) is 43.2 Å². The molecular weight excluding hydrogens is 294 g/mol. The number of hydrogen-bond donors (Lipinski definition) is 0. The summed E-state index contributed by atoms with van der Waals surface area (Å²) in [4.78, 5) is 2.76. The first-order valence-corrected chi connectivity index (χ1v) is 9.26. The van der Waals surface area contributed by atoms with Gasteiger partial charge in [-0.2, -0.15) is 0 Å². The van der Waals surface area contributed by atoms with Gasteiger partial charge in [-0.05, 0) is 55.0 Å². The molecule has 2 atom stereocenters. The van der Waals surface area contributed by atoms with Gasteiger partial charge in [-0.3, -0.25) is 4.90 Å². The van der Waals surface area contributed by atoms with Crippen molar-refractivity contribution < 1.29 is 4.74 Å². The van der Waals surface area contributed by atoms with E-state index in [9.17, 15) is 0 Å². The number of rotatable bonds is 4. The molecule has 24 heavy (non-hydrogen) atoms. The minimum atomic E-state index is 0.223. The molecule has 2 aromatic carbocycles. The first-order valence-electron chi connectivity index (χ1n) is 9.26. The maximum absolute atomic E-state index is 5.37. The van der Waals surface area contributed by atoms with Crippen LogP contribution in [-0.2, 0) is 12.1 Å². The smallest absolute Gasteiger partial charge is 0.118 e. The lowest BCUT2D eigenvalue weighted by molar-refractivity contribution is 0.0537. The van der Waals surface area contributed by atoms with Gasteiger partial charge in [0.25, 0.3) is 0 Å². The molecule has 2 aliphatic rings. The van der Waals surface area contributed by atoms with Crippen LogP contribution in [0.15, 0.2) is 54.6 Å². The molecule has 1 aliphatic carbocycles. The molecule has 1 saturated heterocycles. The average Bonchev–Trinajstić information content (AvgIpc) is 3.02. The summed E-state index contributed by atoms with van der Waals surface area (Å²) in [5, 5.41) is 0. The summed E-state index contributed by atoms with van der Waals surface area (Å²) in [7, 11) is 1.74. The third-order valence-electron chi connectivity index (χ3n) is 6.15. The quantitative estimate of drug-likeness (QED) is 0.787. The third kappa shape index (κ3) is 2.63. The Morgan fingerprint density at radius 2 is 1.79 bits per heavy atom. The van der Waals surface area contributed by atoms with Gasteiger partial charge in [0.1, 0.15) is 5.75 Å². The first-order chi connectivity index (χ1) is 11.8. The molecule has 0 amide bonds. The standard InChI is InChI=1S/C22H27NO/c1-24-21-12-10-20(11-13-21)22-15-6-5-9-19(22)14-16-23(22)17-18-7-3-2-4-8-18/h2-4,7-8,10-13,19H,5-6,9,14-17H2,1H3/t19-,22-/m0/s1. The molecular formula is C22H27NO. The lowest BCUT2D eigenvalue weighted by Gasteiger charge is -2.46. The molecule has 1 saturated carbocycles. The van der Waals surface area contributed by atoms with Gasteiger partial charge in [-0.15, -0.1) is 0 Å². The summed E-state index contributed by atoms with van der Waals surface area (Å²) in [6.45, 7) is 2.27. The molecule has 1 aliphatic heterocycles. The van der Waals surface area contributed by atoms with E-state index in [2.05, 4.69) is 59.5 Å². The maximum atomic E-state index is 5.37. The number of hydrogen-bond acceptors (Lipinski definition) is 2. The van der Waals surface area contributed by atoms with E-state index in [0.717, 1.165) is 18.2 Å². The van der Waals surface area contributed by atoms with Crippen LogP contribution in [0.25, 0.3) is 0 Å². The predicted octanol–water partition coefficient (Wildman–Crippen LogP) is 4.99. The monoisotopic (exact) mass is 321 g/mol. The SMILES string of the molecule is COc1ccc([C@]23CCCC[C@H]2CCN3Cc2ccccc2)cc1. The fraction of sp³-hybridized carbons (Fsp3) is 0.455. The molecule has 0 bridgehead atoms. The number of ether oxygens (including phenoxy) is 1. The Labute approximate surface area is 145 Å². The Kier molecular flexibility index (Phi) is 4.32. The minimum absolute atomic E-state index is 0.223. The van der Waals surface area contributed by atoms with Crippen molar-refractivity contribution in [3.63, 3.8) is 0 Å². The van der Waals surface area contributed by atoms with Crippen LogP contribution in [0, 0.1) is 5.92 Å². The summed E-state index contributed by atoms with van der Waals surface area (Å²) >= 11 is 0. The van der Waals surface area contributed by atoms with Crippen molar-refractivity contribution in [3.05, 3.63) is 65.7 Å². The number of methoxy groups -OCH3 is 1. The van der Waals surface area contributed by atoms with E-state index in [4.69, 9.17) is 4.74 Å². The molecule has 126 valence electrons. The Morgan fingerprint density at radius 1 is 1.00 bits per heavy atom. The molecule has 0 unspecified atom stereocenters. The highest BCUT2D eigenvalue weighted by molar-refractivity contribution is 5.34. The molecule has 0 N–H and O–H groups in total. The lowest BCUT2D eigenvalue weighted by atomic mass is 9.69. The number of likely N-dealkylation sites (tertiary alicyclic amines) is 1. The average molecular weight is 321 g/mol. The van der Waals surface area contributed by atoms with Crippen molar-refractivity contribution in [1.29, 1.82) is 0 Å². The van der Waals surface area contributed by atoms with Gasteiger partial charge in [0, 0.05) is 12.1 Å². The van der Waals surface area contributed by atoms with Gasteiger partial charge in [-0.25, -0.2) is 0 Å². The second-order valence-corrected chi connectivity index (χ2v) is 7.29. The highest BCUT2D eigenvalue weighted by Crippen LogP contribution is 2.52. The Balaban J connectivity index is 1.70. The number of benzene rings is 2. The third-order valence-corrected chi connectivity index (χ3v) is 6.15. The zero-order valence-electron chi connectivity index (χ0n) is 14.6. The molecule has 2 fully saturated rings. The van der Waals surface area contributed by atoms with Gasteiger partial charge < -0.3 is 4.74 Å². The van der Waals surface area contributed by atoms with E-state index in [1.54, 1.807) is 7.11 Å². The van der Waals surface area contributed by atoms with E-state index in [-0.39, 0.29) is 5.54 Å². The van der Waals surface area contributed by atoms with Gasteiger partial charge >= 0.3 is 0 Å². The van der Waals surface area contributed by atoms with Gasteiger partial charge in [0.15, 0.2) is 0 Å². The highest BCUT2D eigenvalue weighted by atomic mass is 16.5. The fourth-order valence-corrected chi connectivity index (χ4v) is 5.00. The molecule has 0 aromatic heterocycles. The lowest BCUT2D eigenvalue weighted by Crippen LogP contribution is -2.46. The molecule has 4 rings (SSSR count). The summed E-state index contributed by atoms with van der Waals surface area (Å²) in [5.41, 5.74) is 3.14. The van der Waals surface area contributed by atoms with Crippen LogP contribution in [-0.4, -0.2) is 18.6 Å². The van der Waals surface area contributed by atoms with Crippen LogP contribution in [0.4, 0.5) is 0 Å². The predicted molar refractivity (Wildman–Crippen MR) is 98.1 cm³/mol. The summed E-state index contributed by atoms with van der Waals surface area (Å²) in [6.07, 6.45) is 6.72. The van der Waals surface area contributed by atoms with E-state index < -0.39 is 0 Å². The van der Waals surface area contributed by atoms with Gasteiger partial charge in [0.2, 0.25) is 0 Å². The van der Waals surface area contributed by atoms with Crippen molar-refractivity contribution in [2.75, 3.05) is 13.7 Å². The van der Waals surface area contributed by atoms with Crippen LogP contribution in [0.5, 0.6) is 5.75 Å². The minimum Gasteiger partial charge on any atom is -0.497 e. The van der Waals surface area contributed by atoms with Crippen molar-refractivity contribution in [1.82, 2.24) is 4.90 Å². The number of fused-ring (bicyclic) bond motifs is 1. The highest BCUT2D eigenvalue weighted by Gasteiger charge is 2.50. The van der Waals surface area contributed by atoms with Crippen LogP contribution in [0.2, 0.25) is 0 Å². The van der Waals surface area contributed by atoms with E-state index in [1.807, 2.05) is 0 Å². The summed E-state index contributed by atoms with van der Waals surface area (Å²) in [5.74, 6) is 1.75.